The van der Waals surface area contributed by atoms with Crippen LogP contribution in [0.25, 0.3) is 0 Å². The van der Waals surface area contributed by atoms with E-state index in [1.807, 2.05) is 27.7 Å². The fourth-order valence-electron chi connectivity index (χ4n) is 4.73. The minimum atomic E-state index is -1.24. The second-order valence-corrected chi connectivity index (χ2v) is 10.4. The third-order valence-electron chi connectivity index (χ3n) is 6.64. The molecule has 1 heterocycles. The second-order valence-electron chi connectivity index (χ2n) is 10.4. The van der Waals surface area contributed by atoms with E-state index in [4.69, 9.17) is 4.74 Å². The van der Waals surface area contributed by atoms with Gasteiger partial charge in [0.05, 0.1) is 6.04 Å². The second kappa shape index (κ2) is 12.4. The molecule has 0 bridgehead atoms. The Morgan fingerprint density at radius 1 is 1.12 bits per heavy atom. The van der Waals surface area contributed by atoms with Crippen molar-refractivity contribution in [1.29, 1.82) is 0 Å². The Hall–Kier alpha value is -1.83. The Kier molecular flexibility index (Phi) is 10.3. The van der Waals surface area contributed by atoms with Crippen molar-refractivity contribution in [2.45, 2.75) is 96.8 Å². The van der Waals surface area contributed by atoms with Crippen LogP contribution < -0.4 is 5.32 Å². The first-order chi connectivity index (χ1) is 15.1. The zero-order chi connectivity index (χ0) is 23.7. The van der Waals surface area contributed by atoms with Crippen LogP contribution in [0.1, 0.15) is 79.1 Å². The molecule has 3 amide bonds. The van der Waals surface area contributed by atoms with Gasteiger partial charge in [-0.1, -0.05) is 26.2 Å². The highest BCUT2D eigenvalue weighted by Crippen LogP contribution is 2.24. The van der Waals surface area contributed by atoms with E-state index < -0.39 is 23.7 Å². The van der Waals surface area contributed by atoms with E-state index in [-0.39, 0.29) is 12.0 Å². The average Bonchev–Trinajstić information content (AvgIpc) is 2.77. The van der Waals surface area contributed by atoms with Gasteiger partial charge in [-0.2, -0.15) is 0 Å². The summed E-state index contributed by atoms with van der Waals surface area (Å²) in [5.74, 6) is 0.303. The lowest BCUT2D eigenvalue weighted by Crippen LogP contribution is -2.52. The van der Waals surface area contributed by atoms with Crippen LogP contribution in [0.5, 0.6) is 0 Å². The van der Waals surface area contributed by atoms with E-state index in [1.54, 1.807) is 9.80 Å². The van der Waals surface area contributed by atoms with Gasteiger partial charge in [0.25, 0.3) is 5.91 Å². The summed E-state index contributed by atoms with van der Waals surface area (Å²) in [5, 5.41) is 13.6. The zero-order valence-corrected chi connectivity index (χ0v) is 20.3. The van der Waals surface area contributed by atoms with Crippen molar-refractivity contribution in [2.24, 2.45) is 11.8 Å². The molecule has 0 spiro atoms. The van der Waals surface area contributed by atoms with E-state index in [2.05, 4.69) is 5.32 Å². The van der Waals surface area contributed by atoms with Crippen LogP contribution in [0.3, 0.4) is 0 Å². The third kappa shape index (κ3) is 8.26. The number of ether oxygens (including phenoxy) is 1. The quantitative estimate of drug-likeness (QED) is 0.523. The number of carbonyl (C=O) groups is 3. The Balaban J connectivity index is 1.83. The number of hydrogen-bond donors (Lipinski definition) is 2. The highest BCUT2D eigenvalue weighted by molar-refractivity contribution is 5.81. The van der Waals surface area contributed by atoms with Crippen LogP contribution in [0, 0.1) is 11.8 Å². The van der Waals surface area contributed by atoms with Gasteiger partial charge in [0.1, 0.15) is 5.60 Å². The molecule has 184 valence electrons. The summed E-state index contributed by atoms with van der Waals surface area (Å²) in [7, 11) is 0. The molecule has 8 heteroatoms. The summed E-state index contributed by atoms with van der Waals surface area (Å²) in [4.78, 5) is 39.9. The van der Waals surface area contributed by atoms with Gasteiger partial charge < -0.3 is 25.0 Å². The van der Waals surface area contributed by atoms with Gasteiger partial charge in [0.15, 0.2) is 6.10 Å². The molecule has 2 aliphatic rings. The largest absolute Gasteiger partial charge is 0.444 e. The standard InChI is InChI=1S/C24H43N3O5/c1-5-20(21(29)22(30)25-15-18-9-7-6-8-10-18)27(17-28)16-19-11-13-26(14-12-19)23(31)32-24(2,3)4/h17-21,29H,5-16H2,1-4H3,(H,25,30). The van der Waals surface area contributed by atoms with Crippen LogP contribution in [-0.2, 0) is 14.3 Å². The van der Waals surface area contributed by atoms with Crippen LogP contribution in [-0.4, -0.2) is 77.2 Å². The first-order valence-corrected chi connectivity index (χ1v) is 12.3. The summed E-state index contributed by atoms with van der Waals surface area (Å²) in [5.41, 5.74) is -0.524. The Labute approximate surface area is 193 Å². The SMILES string of the molecule is CCC(C(O)C(=O)NCC1CCCCC1)N(C=O)CC1CCN(C(=O)OC(C)(C)C)CC1. The van der Waals surface area contributed by atoms with Crippen LogP contribution in [0.4, 0.5) is 4.79 Å². The molecule has 1 aliphatic heterocycles. The monoisotopic (exact) mass is 453 g/mol. The van der Waals surface area contributed by atoms with Crippen LogP contribution in [0.2, 0.25) is 0 Å². The molecule has 1 saturated carbocycles. The minimum absolute atomic E-state index is 0.213. The van der Waals surface area contributed by atoms with E-state index in [0.29, 0.717) is 38.5 Å². The summed E-state index contributed by atoms with van der Waals surface area (Å²) in [6.07, 6.45) is 7.10. The first-order valence-electron chi connectivity index (χ1n) is 12.3. The van der Waals surface area contributed by atoms with Gasteiger partial charge in [0, 0.05) is 26.2 Å². The summed E-state index contributed by atoms with van der Waals surface area (Å²) < 4.78 is 5.44. The van der Waals surface area contributed by atoms with Gasteiger partial charge in [-0.15, -0.1) is 0 Å². The van der Waals surface area contributed by atoms with Gasteiger partial charge in [-0.3, -0.25) is 9.59 Å². The smallest absolute Gasteiger partial charge is 0.410 e. The lowest BCUT2D eigenvalue weighted by Gasteiger charge is -2.37. The van der Waals surface area contributed by atoms with Crippen molar-refractivity contribution in [3.05, 3.63) is 0 Å². The number of carbonyl (C=O) groups excluding carboxylic acids is 3. The minimum Gasteiger partial charge on any atom is -0.444 e. The van der Waals surface area contributed by atoms with Gasteiger partial charge >= 0.3 is 6.09 Å². The number of likely N-dealkylation sites (tertiary alicyclic amines) is 1. The normalized spacial score (nSPS) is 20.3. The van der Waals surface area contributed by atoms with Crippen molar-refractivity contribution >= 4 is 18.4 Å². The van der Waals surface area contributed by atoms with Gasteiger partial charge in [0.2, 0.25) is 6.41 Å². The number of rotatable bonds is 9. The van der Waals surface area contributed by atoms with E-state index in [1.165, 1.54) is 19.3 Å². The Morgan fingerprint density at radius 2 is 1.75 bits per heavy atom. The van der Waals surface area contributed by atoms with E-state index >= 15 is 0 Å². The lowest BCUT2D eigenvalue weighted by molar-refractivity contribution is -0.136. The number of piperidine rings is 1. The molecule has 0 aromatic heterocycles. The highest BCUT2D eigenvalue weighted by Gasteiger charge is 2.33. The number of nitrogens with zero attached hydrogens (tertiary/aromatic N) is 2. The predicted octanol–water partition coefficient (Wildman–Crippen LogP) is 2.93. The number of nitrogens with one attached hydrogen (secondary N) is 1. The molecule has 2 N–H and O–H groups in total. The molecule has 2 atom stereocenters. The zero-order valence-electron chi connectivity index (χ0n) is 20.3. The molecule has 1 saturated heterocycles. The summed E-state index contributed by atoms with van der Waals surface area (Å²) in [6, 6.07) is -0.553. The maximum absolute atomic E-state index is 12.6. The van der Waals surface area contributed by atoms with E-state index in [9.17, 15) is 19.5 Å². The first kappa shape index (κ1) is 26.4. The Morgan fingerprint density at radius 3 is 2.28 bits per heavy atom. The van der Waals surface area contributed by atoms with Crippen LogP contribution in [0.15, 0.2) is 0 Å². The predicted molar refractivity (Wildman–Crippen MR) is 123 cm³/mol. The molecule has 1 aliphatic carbocycles. The van der Waals surface area contributed by atoms with Crippen molar-refractivity contribution in [3.8, 4) is 0 Å². The van der Waals surface area contributed by atoms with Gasteiger partial charge in [-0.05, 0) is 64.7 Å². The number of hydrogen-bond acceptors (Lipinski definition) is 5. The fraction of sp³-hybridized carbons (Fsp3) is 0.875. The van der Waals surface area contributed by atoms with Gasteiger partial charge in [-0.25, -0.2) is 4.79 Å². The molecule has 0 aromatic rings. The molecule has 2 rings (SSSR count). The third-order valence-corrected chi connectivity index (χ3v) is 6.64. The number of aliphatic hydroxyl groups excluding tert-OH is 1. The molecule has 32 heavy (non-hydrogen) atoms. The van der Waals surface area contributed by atoms with Crippen LogP contribution >= 0.6 is 0 Å². The molecular weight excluding hydrogens is 410 g/mol. The molecule has 0 radical (unpaired) electrons. The molecular formula is C24H43N3O5. The molecule has 0 aromatic carbocycles. The maximum atomic E-state index is 12.6. The fourth-order valence-corrected chi connectivity index (χ4v) is 4.73. The summed E-state index contributed by atoms with van der Waals surface area (Å²) in [6.45, 7) is 9.64. The Bertz CT molecular complexity index is 607. The number of amides is 3. The molecule has 2 unspecified atom stereocenters. The van der Waals surface area contributed by atoms with E-state index in [0.717, 1.165) is 32.1 Å². The van der Waals surface area contributed by atoms with Crippen molar-refractivity contribution in [2.75, 3.05) is 26.2 Å². The molecule has 8 nitrogen and oxygen atoms in total. The lowest BCUT2D eigenvalue weighted by atomic mass is 9.89. The van der Waals surface area contributed by atoms with Crippen molar-refractivity contribution in [3.63, 3.8) is 0 Å². The highest BCUT2D eigenvalue weighted by atomic mass is 16.6. The molecule has 2 fully saturated rings. The number of aliphatic hydroxyl groups is 1. The maximum Gasteiger partial charge on any atom is 0.410 e. The summed E-state index contributed by atoms with van der Waals surface area (Å²) >= 11 is 0. The van der Waals surface area contributed by atoms with Crippen molar-refractivity contribution < 1.29 is 24.2 Å². The van der Waals surface area contributed by atoms with Crippen molar-refractivity contribution in [1.82, 2.24) is 15.1 Å². The average molecular weight is 454 g/mol. The topological polar surface area (TPSA) is 99.2 Å².